The second-order valence-electron chi connectivity index (χ2n) is 4.37. The van der Waals surface area contributed by atoms with Crippen molar-refractivity contribution in [1.82, 2.24) is 4.90 Å². The molecule has 1 aliphatic rings. The van der Waals surface area contributed by atoms with Crippen molar-refractivity contribution in [2.24, 2.45) is 0 Å². The molecule has 1 aromatic carbocycles. The minimum atomic E-state index is -0.872. The van der Waals surface area contributed by atoms with Gasteiger partial charge in [0, 0.05) is 13.0 Å². The van der Waals surface area contributed by atoms with Gasteiger partial charge in [-0.25, -0.2) is 4.79 Å². The molecule has 0 unspecified atom stereocenters. The highest BCUT2D eigenvalue weighted by Crippen LogP contribution is 2.14. The van der Waals surface area contributed by atoms with E-state index in [1.54, 1.807) is 6.08 Å². The first-order valence-electron chi connectivity index (χ1n) is 6.00. The Morgan fingerprint density at radius 2 is 2.44 bits per heavy atom. The van der Waals surface area contributed by atoms with Crippen LogP contribution < -0.4 is 0 Å². The van der Waals surface area contributed by atoms with Crippen LogP contribution in [-0.2, 0) is 11.2 Å². The number of carbonyl (C=O) groups is 1. The van der Waals surface area contributed by atoms with Gasteiger partial charge in [-0.05, 0) is 11.1 Å². The molecule has 0 radical (unpaired) electrons. The van der Waals surface area contributed by atoms with Gasteiger partial charge in [0.1, 0.15) is 0 Å². The number of hydrogen-bond donors (Lipinski definition) is 1. The lowest BCUT2D eigenvalue weighted by Crippen LogP contribution is -2.45. The van der Waals surface area contributed by atoms with Gasteiger partial charge in [-0.1, -0.05) is 36.9 Å². The van der Waals surface area contributed by atoms with Crippen molar-refractivity contribution in [3.05, 3.63) is 42.0 Å². The highest BCUT2D eigenvalue weighted by Gasteiger charge is 2.23. The maximum atomic E-state index is 10.9. The Hall–Kier alpha value is -1.81. The average Bonchev–Trinajstić information content (AvgIpc) is 2.39. The molecule has 2 rings (SSSR count). The Morgan fingerprint density at radius 1 is 1.61 bits per heavy atom. The molecule has 1 atom stereocenters. The van der Waals surface area contributed by atoms with Crippen molar-refractivity contribution < 1.29 is 14.6 Å². The predicted molar refractivity (Wildman–Crippen MR) is 69.6 cm³/mol. The largest absolute Gasteiger partial charge is 0.465 e. The second kappa shape index (κ2) is 5.69. The quantitative estimate of drug-likeness (QED) is 0.891. The minimum absolute atomic E-state index is 0.0603. The van der Waals surface area contributed by atoms with Crippen molar-refractivity contribution in [1.29, 1.82) is 0 Å². The maximum Gasteiger partial charge on any atom is 0.407 e. The van der Waals surface area contributed by atoms with Gasteiger partial charge in [0.05, 0.1) is 19.3 Å². The zero-order valence-electron chi connectivity index (χ0n) is 10.2. The van der Waals surface area contributed by atoms with Gasteiger partial charge in [-0.15, -0.1) is 0 Å². The first-order chi connectivity index (χ1) is 8.69. The molecule has 96 valence electrons. The van der Waals surface area contributed by atoms with E-state index in [0.29, 0.717) is 19.7 Å². The van der Waals surface area contributed by atoms with E-state index in [2.05, 4.69) is 12.6 Å². The highest BCUT2D eigenvalue weighted by molar-refractivity contribution is 5.65. The van der Waals surface area contributed by atoms with Crippen LogP contribution >= 0.6 is 0 Å². The molecule has 1 fully saturated rings. The minimum Gasteiger partial charge on any atom is -0.465 e. The summed E-state index contributed by atoms with van der Waals surface area (Å²) >= 11 is 0. The van der Waals surface area contributed by atoms with Gasteiger partial charge in [-0.3, -0.25) is 0 Å². The van der Waals surface area contributed by atoms with Crippen LogP contribution in [0.3, 0.4) is 0 Å². The molecule has 0 aromatic heterocycles. The number of nitrogens with zero attached hydrogens (tertiary/aromatic N) is 1. The molecule has 1 aromatic rings. The molecule has 1 aliphatic heterocycles. The zero-order chi connectivity index (χ0) is 13.0. The normalized spacial score (nSPS) is 19.6. The summed E-state index contributed by atoms with van der Waals surface area (Å²) in [6.07, 6.45) is 1.60. The van der Waals surface area contributed by atoms with E-state index in [9.17, 15) is 4.79 Å². The monoisotopic (exact) mass is 247 g/mol. The Balaban J connectivity index is 2.00. The van der Waals surface area contributed by atoms with Gasteiger partial charge in [0.15, 0.2) is 0 Å². The molecule has 1 heterocycles. The maximum absolute atomic E-state index is 10.9. The average molecular weight is 247 g/mol. The van der Waals surface area contributed by atoms with E-state index >= 15 is 0 Å². The number of amides is 1. The Labute approximate surface area is 106 Å². The molecule has 1 saturated heterocycles. The van der Waals surface area contributed by atoms with Crippen LogP contribution in [0.5, 0.6) is 0 Å². The Morgan fingerprint density at radius 3 is 3.17 bits per heavy atom. The predicted octanol–water partition coefficient (Wildman–Crippen LogP) is 2.25. The van der Waals surface area contributed by atoms with Crippen LogP contribution in [0.15, 0.2) is 30.8 Å². The molecular weight excluding hydrogens is 230 g/mol. The summed E-state index contributed by atoms with van der Waals surface area (Å²) in [5.41, 5.74) is 2.21. The molecule has 1 amide bonds. The lowest BCUT2D eigenvalue weighted by atomic mass is 10.0. The summed E-state index contributed by atoms with van der Waals surface area (Å²) in [4.78, 5) is 12.3. The van der Waals surface area contributed by atoms with Crippen molar-refractivity contribution in [2.75, 3.05) is 19.7 Å². The summed E-state index contributed by atoms with van der Waals surface area (Å²) < 4.78 is 5.60. The van der Waals surface area contributed by atoms with Gasteiger partial charge in [0.2, 0.25) is 0 Å². The molecule has 1 N–H and O–H groups in total. The molecule has 4 heteroatoms. The summed E-state index contributed by atoms with van der Waals surface area (Å²) in [6, 6.07) is 8.04. The van der Waals surface area contributed by atoms with E-state index in [0.717, 1.165) is 17.5 Å². The summed E-state index contributed by atoms with van der Waals surface area (Å²) in [5.74, 6) is 0. The van der Waals surface area contributed by atoms with Crippen LogP contribution in [0.4, 0.5) is 4.79 Å². The van der Waals surface area contributed by atoms with Crippen LogP contribution in [-0.4, -0.2) is 41.9 Å². The number of ether oxygens (including phenoxy) is 1. The molecule has 4 nitrogen and oxygen atoms in total. The van der Waals surface area contributed by atoms with Crippen molar-refractivity contribution in [3.63, 3.8) is 0 Å². The number of carboxylic acid groups (broad SMARTS) is 1. The van der Waals surface area contributed by atoms with E-state index in [1.807, 2.05) is 18.2 Å². The third-order valence-corrected chi connectivity index (χ3v) is 3.06. The molecular formula is C14H17NO3. The topological polar surface area (TPSA) is 49.8 Å². The lowest BCUT2D eigenvalue weighted by molar-refractivity contribution is -0.0210. The molecule has 18 heavy (non-hydrogen) atoms. The summed E-state index contributed by atoms with van der Waals surface area (Å²) in [7, 11) is 0. The first-order valence-corrected chi connectivity index (χ1v) is 6.00. The smallest absolute Gasteiger partial charge is 0.407 e. The second-order valence-corrected chi connectivity index (χ2v) is 4.37. The SMILES string of the molecule is C=Cc1cccc(C[C@@H]2CN(C(=O)O)CCO2)c1. The first kappa shape index (κ1) is 12.6. The summed E-state index contributed by atoms with van der Waals surface area (Å²) in [5, 5.41) is 8.96. The molecule has 0 bridgehead atoms. The number of hydrogen-bond acceptors (Lipinski definition) is 2. The Bertz CT molecular complexity index is 444. The summed E-state index contributed by atoms with van der Waals surface area (Å²) in [6.45, 7) is 5.10. The van der Waals surface area contributed by atoms with E-state index in [4.69, 9.17) is 9.84 Å². The fraction of sp³-hybridized carbons (Fsp3) is 0.357. The Kier molecular flexibility index (Phi) is 3.99. The molecule has 0 aliphatic carbocycles. The fourth-order valence-electron chi connectivity index (χ4n) is 2.13. The van der Waals surface area contributed by atoms with Crippen LogP contribution in [0, 0.1) is 0 Å². The van der Waals surface area contributed by atoms with Crippen LogP contribution in [0.1, 0.15) is 11.1 Å². The molecule has 0 spiro atoms. The van der Waals surface area contributed by atoms with Crippen molar-refractivity contribution in [2.45, 2.75) is 12.5 Å². The third-order valence-electron chi connectivity index (χ3n) is 3.06. The van der Waals surface area contributed by atoms with Crippen molar-refractivity contribution in [3.8, 4) is 0 Å². The number of morpholine rings is 1. The number of benzene rings is 1. The van der Waals surface area contributed by atoms with E-state index < -0.39 is 6.09 Å². The van der Waals surface area contributed by atoms with Gasteiger partial charge < -0.3 is 14.7 Å². The standard InChI is InChI=1S/C14H17NO3/c1-2-11-4-3-5-12(8-11)9-13-10-15(14(16)17)6-7-18-13/h2-5,8,13H,1,6-7,9-10H2,(H,16,17)/t13-/m1/s1. The van der Waals surface area contributed by atoms with Crippen LogP contribution in [0.25, 0.3) is 6.08 Å². The van der Waals surface area contributed by atoms with Gasteiger partial charge in [-0.2, -0.15) is 0 Å². The van der Waals surface area contributed by atoms with Crippen LogP contribution in [0.2, 0.25) is 0 Å². The molecule has 0 saturated carbocycles. The number of rotatable bonds is 3. The zero-order valence-corrected chi connectivity index (χ0v) is 10.2. The lowest BCUT2D eigenvalue weighted by Gasteiger charge is -2.31. The fourth-order valence-corrected chi connectivity index (χ4v) is 2.13. The van der Waals surface area contributed by atoms with E-state index in [1.165, 1.54) is 4.90 Å². The third kappa shape index (κ3) is 3.11. The van der Waals surface area contributed by atoms with Gasteiger partial charge in [0.25, 0.3) is 0 Å². The van der Waals surface area contributed by atoms with E-state index in [-0.39, 0.29) is 6.10 Å². The van der Waals surface area contributed by atoms with Crippen molar-refractivity contribution >= 4 is 12.2 Å². The van der Waals surface area contributed by atoms with Gasteiger partial charge >= 0.3 is 6.09 Å². The highest BCUT2D eigenvalue weighted by atomic mass is 16.5.